The molecule has 0 saturated heterocycles. The summed E-state index contributed by atoms with van der Waals surface area (Å²) in [4.78, 5) is 2.28. The first-order valence-corrected chi connectivity index (χ1v) is 5.29. The van der Waals surface area contributed by atoms with Crippen molar-refractivity contribution in [3.05, 3.63) is 11.8 Å². The van der Waals surface area contributed by atoms with E-state index in [1.807, 2.05) is 0 Å². The molecular formula is C10H20N4O. The maximum Gasteiger partial charge on any atom is 0.230 e. The number of hydrogen-bond donors (Lipinski definition) is 1. The van der Waals surface area contributed by atoms with E-state index in [1.54, 1.807) is 6.92 Å². The van der Waals surface area contributed by atoms with Gasteiger partial charge in [0.15, 0.2) is 0 Å². The smallest absolute Gasteiger partial charge is 0.230 e. The van der Waals surface area contributed by atoms with Crippen LogP contribution in [0.1, 0.15) is 25.6 Å². The Morgan fingerprint density at radius 3 is 2.67 bits per heavy atom. The summed E-state index contributed by atoms with van der Waals surface area (Å²) in [6, 6.07) is 0.581. The van der Waals surface area contributed by atoms with Crippen LogP contribution in [0.5, 0.6) is 0 Å². The zero-order chi connectivity index (χ0) is 11.3. The third-order valence-corrected chi connectivity index (χ3v) is 2.37. The van der Waals surface area contributed by atoms with E-state index in [9.17, 15) is 0 Å². The molecule has 1 aromatic rings. The molecule has 0 spiro atoms. The number of nitrogens with zero attached hydrogens (tertiary/aromatic N) is 3. The van der Waals surface area contributed by atoms with Crippen LogP contribution in [0.3, 0.4) is 0 Å². The normalized spacial score (nSPS) is 11.6. The quantitative estimate of drug-likeness (QED) is 0.707. The molecule has 1 N–H and O–H groups in total. The van der Waals surface area contributed by atoms with E-state index in [0.29, 0.717) is 24.4 Å². The molecule has 1 heterocycles. The summed E-state index contributed by atoms with van der Waals surface area (Å²) in [5.41, 5.74) is 0. The van der Waals surface area contributed by atoms with E-state index in [-0.39, 0.29) is 0 Å². The zero-order valence-electron chi connectivity index (χ0n) is 9.95. The highest BCUT2D eigenvalue weighted by molar-refractivity contribution is 4.77. The molecule has 0 saturated carbocycles. The lowest BCUT2D eigenvalue weighted by molar-refractivity contribution is 0.271. The number of hydrogen-bond acceptors (Lipinski definition) is 5. The Morgan fingerprint density at radius 2 is 2.13 bits per heavy atom. The summed E-state index contributed by atoms with van der Waals surface area (Å²) >= 11 is 0. The third kappa shape index (κ3) is 4.40. The third-order valence-electron chi connectivity index (χ3n) is 2.37. The molecule has 0 unspecified atom stereocenters. The summed E-state index contributed by atoms with van der Waals surface area (Å²) in [6.45, 7) is 8.75. The molecule has 0 atom stereocenters. The molecule has 0 fully saturated rings. The van der Waals surface area contributed by atoms with Crippen LogP contribution >= 0.6 is 0 Å². The molecule has 86 valence electrons. The van der Waals surface area contributed by atoms with Gasteiger partial charge in [-0.1, -0.05) is 0 Å². The van der Waals surface area contributed by atoms with Crippen LogP contribution in [0.4, 0.5) is 0 Å². The van der Waals surface area contributed by atoms with Crippen LogP contribution in [-0.2, 0) is 6.54 Å². The second-order valence-corrected chi connectivity index (χ2v) is 3.97. The zero-order valence-corrected chi connectivity index (χ0v) is 9.95. The van der Waals surface area contributed by atoms with Crippen molar-refractivity contribution in [2.45, 2.75) is 33.4 Å². The summed E-state index contributed by atoms with van der Waals surface area (Å²) in [7, 11) is 2.11. The van der Waals surface area contributed by atoms with Gasteiger partial charge in [0.1, 0.15) is 0 Å². The Kier molecular flexibility index (Phi) is 4.71. The number of aromatic nitrogens is 2. The van der Waals surface area contributed by atoms with Crippen LogP contribution in [0.15, 0.2) is 4.42 Å². The van der Waals surface area contributed by atoms with Gasteiger partial charge in [-0.2, -0.15) is 0 Å². The van der Waals surface area contributed by atoms with Gasteiger partial charge in [-0.25, -0.2) is 0 Å². The van der Waals surface area contributed by atoms with Crippen molar-refractivity contribution in [1.29, 1.82) is 0 Å². The fourth-order valence-corrected chi connectivity index (χ4v) is 1.12. The van der Waals surface area contributed by atoms with Crippen LogP contribution < -0.4 is 5.32 Å². The van der Waals surface area contributed by atoms with Gasteiger partial charge in [-0.3, -0.25) is 0 Å². The van der Waals surface area contributed by atoms with Crippen molar-refractivity contribution in [2.24, 2.45) is 0 Å². The number of rotatable bonds is 6. The Bertz CT molecular complexity index is 285. The molecule has 5 nitrogen and oxygen atoms in total. The van der Waals surface area contributed by atoms with E-state index in [2.05, 4.69) is 41.3 Å². The van der Waals surface area contributed by atoms with Crippen molar-refractivity contribution in [2.75, 3.05) is 20.1 Å². The molecule has 1 rings (SSSR count). The fourth-order valence-electron chi connectivity index (χ4n) is 1.12. The first-order chi connectivity index (χ1) is 7.09. The van der Waals surface area contributed by atoms with Gasteiger partial charge in [0.05, 0.1) is 6.54 Å². The summed E-state index contributed by atoms with van der Waals surface area (Å²) in [5.74, 6) is 1.27. The molecule has 0 aromatic carbocycles. The van der Waals surface area contributed by atoms with Crippen molar-refractivity contribution in [3.8, 4) is 0 Å². The van der Waals surface area contributed by atoms with Crippen molar-refractivity contribution < 1.29 is 4.42 Å². The van der Waals surface area contributed by atoms with Gasteiger partial charge in [0, 0.05) is 26.1 Å². The largest absolute Gasteiger partial charge is 0.424 e. The second-order valence-electron chi connectivity index (χ2n) is 3.97. The number of nitrogens with one attached hydrogen (secondary N) is 1. The molecule has 0 aliphatic heterocycles. The van der Waals surface area contributed by atoms with Gasteiger partial charge in [-0.15, -0.1) is 10.2 Å². The number of aryl methyl sites for hydroxylation is 1. The molecule has 0 bridgehead atoms. The van der Waals surface area contributed by atoms with Gasteiger partial charge in [0.25, 0.3) is 0 Å². The number of likely N-dealkylation sites (N-methyl/N-ethyl adjacent to an activating group) is 1. The van der Waals surface area contributed by atoms with Crippen LogP contribution in [0, 0.1) is 6.92 Å². The molecule has 0 radical (unpaired) electrons. The Morgan fingerprint density at radius 1 is 1.40 bits per heavy atom. The Hall–Kier alpha value is -0.940. The SMILES string of the molecule is Cc1nnc(CNCCN(C)C(C)C)o1. The molecular weight excluding hydrogens is 192 g/mol. The summed E-state index contributed by atoms with van der Waals surface area (Å²) in [5, 5.41) is 10.9. The Balaban J connectivity index is 2.12. The highest BCUT2D eigenvalue weighted by Gasteiger charge is 2.03. The standard InChI is InChI=1S/C10H20N4O/c1-8(2)14(4)6-5-11-7-10-13-12-9(3)15-10/h8,11H,5-7H2,1-4H3. The van der Waals surface area contributed by atoms with Crippen molar-refractivity contribution >= 4 is 0 Å². The van der Waals surface area contributed by atoms with Gasteiger partial charge < -0.3 is 14.6 Å². The van der Waals surface area contributed by atoms with Gasteiger partial charge >= 0.3 is 0 Å². The minimum absolute atomic E-state index is 0.581. The second kappa shape index (κ2) is 5.82. The van der Waals surface area contributed by atoms with E-state index < -0.39 is 0 Å². The molecule has 5 heteroatoms. The molecule has 15 heavy (non-hydrogen) atoms. The lowest BCUT2D eigenvalue weighted by atomic mass is 10.3. The van der Waals surface area contributed by atoms with E-state index >= 15 is 0 Å². The Labute approximate surface area is 90.9 Å². The van der Waals surface area contributed by atoms with Gasteiger partial charge in [0.2, 0.25) is 11.8 Å². The highest BCUT2D eigenvalue weighted by atomic mass is 16.4. The van der Waals surface area contributed by atoms with Crippen molar-refractivity contribution in [3.63, 3.8) is 0 Å². The summed E-state index contributed by atoms with van der Waals surface area (Å²) < 4.78 is 5.24. The first kappa shape index (κ1) is 12.1. The summed E-state index contributed by atoms with van der Waals surface area (Å²) in [6.07, 6.45) is 0. The highest BCUT2D eigenvalue weighted by Crippen LogP contribution is 1.96. The molecule has 0 amide bonds. The average molecular weight is 212 g/mol. The predicted molar refractivity (Wildman–Crippen MR) is 58.5 cm³/mol. The molecule has 0 aliphatic carbocycles. The minimum Gasteiger partial charge on any atom is -0.424 e. The van der Waals surface area contributed by atoms with Crippen LogP contribution in [0.2, 0.25) is 0 Å². The van der Waals surface area contributed by atoms with Crippen LogP contribution in [0.25, 0.3) is 0 Å². The minimum atomic E-state index is 0.581. The molecule has 1 aromatic heterocycles. The lowest BCUT2D eigenvalue weighted by Gasteiger charge is -2.20. The monoisotopic (exact) mass is 212 g/mol. The maximum atomic E-state index is 5.24. The molecule has 0 aliphatic rings. The average Bonchev–Trinajstić information content (AvgIpc) is 2.58. The predicted octanol–water partition coefficient (Wildman–Crippen LogP) is 0.808. The first-order valence-electron chi connectivity index (χ1n) is 5.29. The van der Waals surface area contributed by atoms with E-state index in [1.165, 1.54) is 0 Å². The van der Waals surface area contributed by atoms with E-state index in [0.717, 1.165) is 13.1 Å². The van der Waals surface area contributed by atoms with Crippen molar-refractivity contribution in [1.82, 2.24) is 20.4 Å². The topological polar surface area (TPSA) is 54.2 Å². The fraction of sp³-hybridized carbons (Fsp3) is 0.800. The van der Waals surface area contributed by atoms with Crippen LogP contribution in [-0.4, -0.2) is 41.3 Å². The lowest BCUT2D eigenvalue weighted by Crippen LogP contribution is -2.33. The van der Waals surface area contributed by atoms with Gasteiger partial charge in [-0.05, 0) is 20.9 Å². The maximum absolute atomic E-state index is 5.24. The van der Waals surface area contributed by atoms with E-state index in [4.69, 9.17) is 4.42 Å².